The average Bonchev–Trinajstić information content (AvgIpc) is 2.89. The predicted molar refractivity (Wildman–Crippen MR) is 81.7 cm³/mol. The average molecular weight is 276 g/mol. The molecule has 20 heavy (non-hydrogen) atoms. The smallest absolute Gasteiger partial charge is 0.337 e. The number of carboxylic acids is 1. The molecule has 0 amide bonds. The zero-order valence-electron chi connectivity index (χ0n) is 12.6. The molecule has 2 rings (SSSR count). The summed E-state index contributed by atoms with van der Waals surface area (Å²) in [5.74, 6) is -0.841. The fourth-order valence-corrected chi connectivity index (χ4v) is 3.08. The van der Waals surface area contributed by atoms with Crippen molar-refractivity contribution < 1.29 is 9.90 Å². The molecule has 1 N–H and O–H groups in total. The zero-order chi connectivity index (χ0) is 14.7. The molecule has 1 saturated heterocycles. The van der Waals surface area contributed by atoms with E-state index in [1.165, 1.54) is 0 Å². The first kappa shape index (κ1) is 14.9. The Kier molecular flexibility index (Phi) is 4.65. The minimum Gasteiger partial charge on any atom is -0.478 e. The standard InChI is InChI=1S/C16H24N2O2/c1-4-17(5-2)13-8-9-18(11-13)15-10-12(3)6-7-14(15)16(19)20/h6-7,10,13H,4-5,8-9,11H2,1-3H3,(H,19,20). The van der Waals surface area contributed by atoms with Crippen LogP contribution in [0.5, 0.6) is 0 Å². The van der Waals surface area contributed by atoms with Crippen molar-refractivity contribution >= 4 is 11.7 Å². The number of nitrogens with zero attached hydrogens (tertiary/aromatic N) is 2. The third-order valence-corrected chi connectivity index (χ3v) is 4.22. The van der Waals surface area contributed by atoms with Gasteiger partial charge in [0.2, 0.25) is 0 Å². The van der Waals surface area contributed by atoms with E-state index in [9.17, 15) is 9.90 Å². The maximum Gasteiger partial charge on any atom is 0.337 e. The Balaban J connectivity index is 2.21. The van der Waals surface area contributed by atoms with Crippen molar-refractivity contribution in [2.75, 3.05) is 31.1 Å². The first-order valence-electron chi connectivity index (χ1n) is 7.39. The lowest BCUT2D eigenvalue weighted by molar-refractivity contribution is 0.0697. The van der Waals surface area contributed by atoms with Gasteiger partial charge < -0.3 is 10.0 Å². The lowest BCUT2D eigenvalue weighted by Crippen LogP contribution is -2.37. The fourth-order valence-electron chi connectivity index (χ4n) is 3.08. The van der Waals surface area contributed by atoms with Crippen LogP contribution in [0.15, 0.2) is 18.2 Å². The van der Waals surface area contributed by atoms with E-state index < -0.39 is 5.97 Å². The first-order valence-corrected chi connectivity index (χ1v) is 7.39. The fraction of sp³-hybridized carbons (Fsp3) is 0.562. The largest absolute Gasteiger partial charge is 0.478 e. The van der Waals surface area contributed by atoms with Gasteiger partial charge >= 0.3 is 5.97 Å². The molecule has 1 atom stereocenters. The van der Waals surface area contributed by atoms with Gasteiger partial charge in [-0.25, -0.2) is 4.79 Å². The molecule has 110 valence electrons. The summed E-state index contributed by atoms with van der Waals surface area (Å²) >= 11 is 0. The minimum atomic E-state index is -0.841. The SMILES string of the molecule is CCN(CC)C1CCN(c2cc(C)ccc2C(=O)O)C1. The van der Waals surface area contributed by atoms with Crippen LogP contribution in [0.1, 0.15) is 36.2 Å². The molecule has 1 aliphatic rings. The van der Waals surface area contributed by atoms with Crippen LogP contribution in [0.3, 0.4) is 0 Å². The van der Waals surface area contributed by atoms with Crippen LogP contribution in [0.4, 0.5) is 5.69 Å². The Hall–Kier alpha value is -1.55. The summed E-state index contributed by atoms with van der Waals surface area (Å²) in [5, 5.41) is 9.35. The van der Waals surface area contributed by atoms with E-state index in [2.05, 4.69) is 23.6 Å². The normalized spacial score (nSPS) is 18.8. The van der Waals surface area contributed by atoms with Gasteiger partial charge in [-0.15, -0.1) is 0 Å². The van der Waals surface area contributed by atoms with Gasteiger partial charge in [0.25, 0.3) is 0 Å². The second-order valence-corrected chi connectivity index (χ2v) is 5.44. The molecule has 0 bridgehead atoms. The quantitative estimate of drug-likeness (QED) is 0.898. The van der Waals surface area contributed by atoms with Gasteiger partial charge in [-0.2, -0.15) is 0 Å². The first-order chi connectivity index (χ1) is 9.56. The molecule has 0 radical (unpaired) electrons. The van der Waals surface area contributed by atoms with E-state index in [0.717, 1.165) is 43.9 Å². The number of hydrogen-bond acceptors (Lipinski definition) is 3. The number of aryl methyl sites for hydroxylation is 1. The van der Waals surface area contributed by atoms with Crippen LogP contribution >= 0.6 is 0 Å². The van der Waals surface area contributed by atoms with Gasteiger partial charge in [-0.1, -0.05) is 19.9 Å². The number of rotatable bonds is 5. The van der Waals surface area contributed by atoms with E-state index in [1.54, 1.807) is 6.07 Å². The van der Waals surface area contributed by atoms with Crippen molar-refractivity contribution in [2.24, 2.45) is 0 Å². The highest BCUT2D eigenvalue weighted by Gasteiger charge is 2.28. The van der Waals surface area contributed by atoms with Crippen LogP contribution in [0.2, 0.25) is 0 Å². The summed E-state index contributed by atoms with van der Waals surface area (Å²) < 4.78 is 0. The second kappa shape index (κ2) is 6.27. The van der Waals surface area contributed by atoms with Crippen LogP contribution in [-0.2, 0) is 0 Å². The molecule has 0 aromatic heterocycles. The molecule has 1 fully saturated rings. The molecule has 1 heterocycles. The van der Waals surface area contributed by atoms with Crippen LogP contribution < -0.4 is 4.90 Å². The summed E-state index contributed by atoms with van der Waals surface area (Å²) in [6.07, 6.45) is 1.11. The number of carbonyl (C=O) groups is 1. The Morgan fingerprint density at radius 1 is 1.40 bits per heavy atom. The Labute approximate surface area is 121 Å². The summed E-state index contributed by atoms with van der Waals surface area (Å²) in [7, 11) is 0. The molecular formula is C16H24N2O2. The van der Waals surface area contributed by atoms with Crippen molar-refractivity contribution in [3.63, 3.8) is 0 Å². The van der Waals surface area contributed by atoms with Crippen molar-refractivity contribution in [1.29, 1.82) is 0 Å². The number of aromatic carboxylic acids is 1. The van der Waals surface area contributed by atoms with Crippen molar-refractivity contribution in [3.8, 4) is 0 Å². The molecule has 4 heteroatoms. The molecule has 1 aromatic carbocycles. The Morgan fingerprint density at radius 3 is 2.70 bits per heavy atom. The minimum absolute atomic E-state index is 0.413. The van der Waals surface area contributed by atoms with Gasteiger partial charge in [-0.3, -0.25) is 4.90 Å². The third kappa shape index (κ3) is 2.96. The number of likely N-dealkylation sites (N-methyl/N-ethyl adjacent to an activating group) is 1. The zero-order valence-corrected chi connectivity index (χ0v) is 12.6. The highest BCUT2D eigenvalue weighted by Crippen LogP contribution is 2.27. The van der Waals surface area contributed by atoms with E-state index in [0.29, 0.717) is 11.6 Å². The van der Waals surface area contributed by atoms with Gasteiger partial charge in [0.15, 0.2) is 0 Å². The highest BCUT2D eigenvalue weighted by atomic mass is 16.4. The molecule has 1 aliphatic heterocycles. The molecule has 1 unspecified atom stereocenters. The van der Waals surface area contributed by atoms with Crippen molar-refractivity contribution in [3.05, 3.63) is 29.3 Å². The summed E-state index contributed by atoms with van der Waals surface area (Å²) in [6.45, 7) is 10.3. The van der Waals surface area contributed by atoms with E-state index in [4.69, 9.17) is 0 Å². The second-order valence-electron chi connectivity index (χ2n) is 5.44. The van der Waals surface area contributed by atoms with E-state index >= 15 is 0 Å². The lowest BCUT2D eigenvalue weighted by Gasteiger charge is -2.27. The maximum atomic E-state index is 11.4. The molecule has 0 aliphatic carbocycles. The maximum absolute atomic E-state index is 11.4. The third-order valence-electron chi connectivity index (χ3n) is 4.22. The lowest BCUT2D eigenvalue weighted by atomic mass is 10.1. The number of hydrogen-bond donors (Lipinski definition) is 1. The van der Waals surface area contributed by atoms with Crippen molar-refractivity contribution in [1.82, 2.24) is 4.90 Å². The van der Waals surface area contributed by atoms with Crippen LogP contribution in [0, 0.1) is 6.92 Å². The molecule has 1 aromatic rings. The number of benzene rings is 1. The van der Waals surface area contributed by atoms with Crippen molar-refractivity contribution in [2.45, 2.75) is 33.2 Å². The monoisotopic (exact) mass is 276 g/mol. The van der Waals surface area contributed by atoms with Crippen LogP contribution in [0.25, 0.3) is 0 Å². The molecule has 0 spiro atoms. The van der Waals surface area contributed by atoms with E-state index in [1.807, 2.05) is 19.1 Å². The topological polar surface area (TPSA) is 43.8 Å². The van der Waals surface area contributed by atoms with E-state index in [-0.39, 0.29) is 0 Å². The van der Waals surface area contributed by atoms with Crippen LogP contribution in [-0.4, -0.2) is 48.2 Å². The van der Waals surface area contributed by atoms with Gasteiger partial charge in [0.05, 0.1) is 11.3 Å². The summed E-state index contributed by atoms with van der Waals surface area (Å²) in [5.41, 5.74) is 2.39. The predicted octanol–water partition coefficient (Wildman–Crippen LogP) is 2.61. The van der Waals surface area contributed by atoms with Gasteiger partial charge in [-0.05, 0) is 44.1 Å². The summed E-state index contributed by atoms with van der Waals surface area (Å²) in [6, 6.07) is 6.11. The number of carboxylic acid groups (broad SMARTS) is 1. The Morgan fingerprint density at radius 2 is 2.10 bits per heavy atom. The number of anilines is 1. The molecule has 4 nitrogen and oxygen atoms in total. The molecule has 0 saturated carbocycles. The van der Waals surface area contributed by atoms with Gasteiger partial charge in [0, 0.05) is 19.1 Å². The molecular weight excluding hydrogens is 252 g/mol. The van der Waals surface area contributed by atoms with Gasteiger partial charge in [0.1, 0.15) is 0 Å². The summed E-state index contributed by atoms with van der Waals surface area (Å²) in [4.78, 5) is 16.1. The highest BCUT2D eigenvalue weighted by molar-refractivity contribution is 5.94. The Bertz CT molecular complexity index is 483.